The molecule has 0 bridgehead atoms. The first-order valence-electron chi connectivity index (χ1n) is 6.42. The van der Waals surface area contributed by atoms with Crippen LogP contribution in [0.5, 0.6) is 0 Å². The van der Waals surface area contributed by atoms with Gasteiger partial charge in [0.15, 0.2) is 0 Å². The SMILES string of the molecule is CCNCCCNC(=O)CCC1CCCO1. The third-order valence-electron chi connectivity index (χ3n) is 2.82. The summed E-state index contributed by atoms with van der Waals surface area (Å²) in [5.74, 6) is 0.159. The van der Waals surface area contributed by atoms with Gasteiger partial charge >= 0.3 is 0 Å². The van der Waals surface area contributed by atoms with E-state index in [2.05, 4.69) is 17.6 Å². The highest BCUT2D eigenvalue weighted by molar-refractivity contribution is 5.75. The molecular weight excluding hydrogens is 204 g/mol. The fourth-order valence-corrected chi connectivity index (χ4v) is 1.87. The van der Waals surface area contributed by atoms with Crippen LogP contribution in [0.15, 0.2) is 0 Å². The molecule has 0 aromatic heterocycles. The Kier molecular flexibility index (Phi) is 7.17. The van der Waals surface area contributed by atoms with Crippen molar-refractivity contribution in [2.24, 2.45) is 0 Å². The third kappa shape index (κ3) is 6.08. The van der Waals surface area contributed by atoms with Crippen LogP contribution in [-0.4, -0.2) is 38.3 Å². The van der Waals surface area contributed by atoms with Gasteiger partial charge in [0, 0.05) is 19.6 Å². The number of nitrogens with one attached hydrogen (secondary N) is 2. The molecule has 1 unspecified atom stereocenters. The van der Waals surface area contributed by atoms with Crippen molar-refractivity contribution in [3.05, 3.63) is 0 Å². The lowest BCUT2D eigenvalue weighted by molar-refractivity contribution is -0.121. The zero-order valence-electron chi connectivity index (χ0n) is 10.3. The van der Waals surface area contributed by atoms with E-state index in [1.807, 2.05) is 0 Å². The number of carbonyl (C=O) groups excluding carboxylic acids is 1. The second-order valence-corrected chi connectivity index (χ2v) is 4.23. The monoisotopic (exact) mass is 228 g/mol. The lowest BCUT2D eigenvalue weighted by atomic mass is 10.1. The fraction of sp³-hybridized carbons (Fsp3) is 0.917. The third-order valence-corrected chi connectivity index (χ3v) is 2.82. The van der Waals surface area contributed by atoms with Crippen molar-refractivity contribution in [1.29, 1.82) is 0 Å². The first kappa shape index (κ1) is 13.5. The summed E-state index contributed by atoms with van der Waals surface area (Å²) < 4.78 is 5.47. The summed E-state index contributed by atoms with van der Waals surface area (Å²) in [5, 5.41) is 6.16. The highest BCUT2D eigenvalue weighted by Crippen LogP contribution is 2.16. The van der Waals surface area contributed by atoms with Gasteiger partial charge < -0.3 is 15.4 Å². The highest BCUT2D eigenvalue weighted by atomic mass is 16.5. The second kappa shape index (κ2) is 8.53. The molecule has 2 N–H and O–H groups in total. The standard InChI is InChI=1S/C12H24N2O2/c1-2-13-8-4-9-14-12(15)7-6-11-5-3-10-16-11/h11,13H,2-10H2,1H3,(H,14,15). The van der Waals surface area contributed by atoms with Gasteiger partial charge in [-0.1, -0.05) is 6.92 Å². The van der Waals surface area contributed by atoms with Crippen molar-refractivity contribution in [3.8, 4) is 0 Å². The van der Waals surface area contributed by atoms with Gasteiger partial charge in [-0.05, 0) is 38.8 Å². The van der Waals surface area contributed by atoms with Gasteiger partial charge in [0.25, 0.3) is 0 Å². The van der Waals surface area contributed by atoms with Gasteiger partial charge in [0.05, 0.1) is 6.10 Å². The van der Waals surface area contributed by atoms with E-state index in [1.54, 1.807) is 0 Å². The van der Waals surface area contributed by atoms with E-state index in [-0.39, 0.29) is 5.91 Å². The van der Waals surface area contributed by atoms with Crippen LogP contribution in [0.4, 0.5) is 0 Å². The van der Waals surface area contributed by atoms with E-state index in [0.29, 0.717) is 12.5 Å². The Balaban J connectivity index is 1.90. The molecule has 16 heavy (non-hydrogen) atoms. The Morgan fingerprint density at radius 1 is 1.44 bits per heavy atom. The summed E-state index contributed by atoms with van der Waals surface area (Å²) in [7, 11) is 0. The van der Waals surface area contributed by atoms with E-state index >= 15 is 0 Å². The number of amides is 1. The Morgan fingerprint density at radius 3 is 3.00 bits per heavy atom. The van der Waals surface area contributed by atoms with E-state index in [9.17, 15) is 4.79 Å². The van der Waals surface area contributed by atoms with Crippen molar-refractivity contribution >= 4 is 5.91 Å². The van der Waals surface area contributed by atoms with Gasteiger partial charge in [-0.2, -0.15) is 0 Å². The molecule has 1 amide bonds. The summed E-state index contributed by atoms with van der Waals surface area (Å²) in [5.41, 5.74) is 0. The molecule has 4 heteroatoms. The molecule has 1 fully saturated rings. The minimum Gasteiger partial charge on any atom is -0.378 e. The molecule has 1 aliphatic rings. The van der Waals surface area contributed by atoms with Crippen LogP contribution in [0.3, 0.4) is 0 Å². The van der Waals surface area contributed by atoms with E-state index in [0.717, 1.165) is 51.9 Å². The molecule has 94 valence electrons. The zero-order chi connectivity index (χ0) is 11.6. The minimum absolute atomic E-state index is 0.159. The average Bonchev–Trinajstić information content (AvgIpc) is 2.79. The van der Waals surface area contributed by atoms with Crippen molar-refractivity contribution < 1.29 is 9.53 Å². The van der Waals surface area contributed by atoms with E-state index < -0.39 is 0 Å². The molecule has 1 saturated heterocycles. The molecule has 0 saturated carbocycles. The van der Waals surface area contributed by atoms with Crippen molar-refractivity contribution in [1.82, 2.24) is 10.6 Å². The van der Waals surface area contributed by atoms with Gasteiger partial charge in [-0.25, -0.2) is 0 Å². The molecule has 4 nitrogen and oxygen atoms in total. The Bertz CT molecular complexity index is 191. The maximum atomic E-state index is 11.4. The topological polar surface area (TPSA) is 50.4 Å². The van der Waals surface area contributed by atoms with Crippen LogP contribution in [0.2, 0.25) is 0 Å². The highest BCUT2D eigenvalue weighted by Gasteiger charge is 2.16. The number of hydrogen-bond donors (Lipinski definition) is 2. The lowest BCUT2D eigenvalue weighted by Gasteiger charge is -2.09. The summed E-state index contributed by atoms with van der Waals surface area (Å²) in [6.07, 6.45) is 5.07. The molecule has 0 radical (unpaired) electrons. The Labute approximate surface area is 98.1 Å². The van der Waals surface area contributed by atoms with Gasteiger partial charge in [-0.15, -0.1) is 0 Å². The molecule has 0 aliphatic carbocycles. The molecule has 1 atom stereocenters. The van der Waals surface area contributed by atoms with Crippen LogP contribution in [0.1, 0.15) is 39.0 Å². The minimum atomic E-state index is 0.159. The molecule has 1 rings (SSSR count). The summed E-state index contributed by atoms with van der Waals surface area (Å²) in [6, 6.07) is 0. The number of rotatable bonds is 8. The fourth-order valence-electron chi connectivity index (χ4n) is 1.87. The van der Waals surface area contributed by atoms with Crippen LogP contribution < -0.4 is 10.6 Å². The summed E-state index contributed by atoms with van der Waals surface area (Å²) in [6.45, 7) is 5.70. The van der Waals surface area contributed by atoms with E-state index in [4.69, 9.17) is 4.74 Å². The van der Waals surface area contributed by atoms with Gasteiger partial charge in [0.1, 0.15) is 0 Å². The largest absolute Gasteiger partial charge is 0.378 e. The van der Waals surface area contributed by atoms with Crippen LogP contribution in [0.25, 0.3) is 0 Å². The number of carbonyl (C=O) groups is 1. The predicted molar refractivity (Wildman–Crippen MR) is 64.4 cm³/mol. The first-order valence-corrected chi connectivity index (χ1v) is 6.42. The summed E-state index contributed by atoms with van der Waals surface area (Å²) in [4.78, 5) is 11.4. The quantitative estimate of drug-likeness (QED) is 0.611. The number of ether oxygens (including phenoxy) is 1. The normalized spacial score (nSPS) is 19.9. The predicted octanol–water partition coefficient (Wildman–Crippen LogP) is 1.06. The maximum absolute atomic E-state index is 11.4. The Hall–Kier alpha value is -0.610. The molecule has 1 heterocycles. The Morgan fingerprint density at radius 2 is 2.31 bits per heavy atom. The van der Waals surface area contributed by atoms with Gasteiger partial charge in [0.2, 0.25) is 5.91 Å². The molecule has 0 spiro atoms. The van der Waals surface area contributed by atoms with Crippen LogP contribution in [0, 0.1) is 0 Å². The molecule has 0 aromatic rings. The first-order chi connectivity index (χ1) is 7.83. The van der Waals surface area contributed by atoms with Crippen LogP contribution >= 0.6 is 0 Å². The molecular formula is C12H24N2O2. The molecule has 1 aliphatic heterocycles. The van der Waals surface area contributed by atoms with Gasteiger partial charge in [-0.3, -0.25) is 4.79 Å². The smallest absolute Gasteiger partial charge is 0.220 e. The zero-order valence-corrected chi connectivity index (χ0v) is 10.3. The number of hydrogen-bond acceptors (Lipinski definition) is 3. The molecule has 0 aromatic carbocycles. The lowest BCUT2D eigenvalue weighted by Crippen LogP contribution is -2.27. The van der Waals surface area contributed by atoms with Crippen molar-refractivity contribution in [2.75, 3.05) is 26.2 Å². The second-order valence-electron chi connectivity index (χ2n) is 4.23. The van der Waals surface area contributed by atoms with Crippen molar-refractivity contribution in [3.63, 3.8) is 0 Å². The van der Waals surface area contributed by atoms with Crippen molar-refractivity contribution in [2.45, 2.75) is 45.1 Å². The van der Waals surface area contributed by atoms with Crippen LogP contribution in [-0.2, 0) is 9.53 Å². The van der Waals surface area contributed by atoms with E-state index in [1.165, 1.54) is 0 Å². The average molecular weight is 228 g/mol. The maximum Gasteiger partial charge on any atom is 0.220 e. The summed E-state index contributed by atoms with van der Waals surface area (Å²) >= 11 is 0.